The van der Waals surface area contributed by atoms with Gasteiger partial charge in [-0.3, -0.25) is 4.79 Å². The number of benzene rings is 1. The SMILES string of the molecule is COC(=O)c1ccn(C(=O)c2ccccc2C)n1. The van der Waals surface area contributed by atoms with Crippen molar-refractivity contribution in [3.05, 3.63) is 53.3 Å². The number of hydrogen-bond donors (Lipinski definition) is 0. The van der Waals surface area contributed by atoms with E-state index in [2.05, 4.69) is 9.84 Å². The van der Waals surface area contributed by atoms with Crippen molar-refractivity contribution in [2.45, 2.75) is 6.92 Å². The summed E-state index contributed by atoms with van der Waals surface area (Å²) in [7, 11) is 1.27. The fourth-order valence-corrected chi connectivity index (χ4v) is 1.59. The number of carbonyl (C=O) groups excluding carboxylic acids is 2. The minimum absolute atomic E-state index is 0.111. The van der Waals surface area contributed by atoms with E-state index >= 15 is 0 Å². The van der Waals surface area contributed by atoms with Gasteiger partial charge in [0.2, 0.25) is 0 Å². The topological polar surface area (TPSA) is 61.2 Å². The minimum atomic E-state index is -0.564. The largest absolute Gasteiger partial charge is 0.464 e. The molecule has 0 aliphatic carbocycles. The third kappa shape index (κ3) is 2.15. The number of hydrogen-bond acceptors (Lipinski definition) is 4. The van der Waals surface area contributed by atoms with Gasteiger partial charge in [-0.1, -0.05) is 18.2 Å². The summed E-state index contributed by atoms with van der Waals surface area (Å²) in [6.07, 6.45) is 1.45. The molecule has 1 heterocycles. The van der Waals surface area contributed by atoms with E-state index in [-0.39, 0.29) is 11.6 Å². The maximum atomic E-state index is 12.1. The van der Waals surface area contributed by atoms with Crippen molar-refractivity contribution >= 4 is 11.9 Å². The van der Waals surface area contributed by atoms with Crippen LogP contribution in [0.5, 0.6) is 0 Å². The summed E-state index contributed by atoms with van der Waals surface area (Å²) < 4.78 is 5.67. The Kier molecular flexibility index (Phi) is 3.23. The predicted octanol–water partition coefficient (Wildman–Crippen LogP) is 1.67. The molecule has 92 valence electrons. The van der Waals surface area contributed by atoms with Crippen LogP contribution in [0, 0.1) is 6.92 Å². The highest BCUT2D eigenvalue weighted by atomic mass is 16.5. The normalized spacial score (nSPS) is 10.1. The molecule has 0 atom stereocenters. The van der Waals surface area contributed by atoms with Crippen LogP contribution < -0.4 is 0 Å². The van der Waals surface area contributed by atoms with Crippen molar-refractivity contribution in [3.63, 3.8) is 0 Å². The van der Waals surface area contributed by atoms with Crippen LogP contribution in [0.25, 0.3) is 0 Å². The zero-order valence-corrected chi connectivity index (χ0v) is 10.1. The number of ether oxygens (including phenoxy) is 1. The first-order valence-electron chi connectivity index (χ1n) is 5.38. The lowest BCUT2D eigenvalue weighted by molar-refractivity contribution is 0.0593. The van der Waals surface area contributed by atoms with Gasteiger partial charge in [0.05, 0.1) is 7.11 Å². The van der Waals surface area contributed by atoms with Crippen LogP contribution >= 0.6 is 0 Å². The average Bonchev–Trinajstić information content (AvgIpc) is 2.87. The van der Waals surface area contributed by atoms with Gasteiger partial charge in [0.25, 0.3) is 5.91 Å². The number of aryl methyl sites for hydroxylation is 1. The fraction of sp³-hybridized carbons (Fsp3) is 0.154. The molecule has 0 N–H and O–H groups in total. The molecule has 0 fully saturated rings. The second-order valence-corrected chi connectivity index (χ2v) is 3.76. The van der Waals surface area contributed by atoms with Crippen molar-refractivity contribution < 1.29 is 14.3 Å². The van der Waals surface area contributed by atoms with Gasteiger partial charge in [0.1, 0.15) is 0 Å². The maximum absolute atomic E-state index is 12.1. The highest BCUT2D eigenvalue weighted by Gasteiger charge is 2.15. The molecule has 0 saturated heterocycles. The molecule has 5 nitrogen and oxygen atoms in total. The number of carbonyl (C=O) groups is 2. The Bertz CT molecular complexity index is 602. The quantitative estimate of drug-likeness (QED) is 0.754. The molecule has 0 aliphatic heterocycles. The van der Waals surface area contributed by atoms with E-state index in [4.69, 9.17) is 0 Å². The molecule has 0 spiro atoms. The molecule has 0 bridgehead atoms. The van der Waals surface area contributed by atoms with Gasteiger partial charge in [-0.2, -0.15) is 5.10 Å². The molecule has 0 saturated carbocycles. The smallest absolute Gasteiger partial charge is 0.358 e. The number of rotatable bonds is 2. The van der Waals surface area contributed by atoms with Crippen LogP contribution in [0.3, 0.4) is 0 Å². The summed E-state index contributed by atoms with van der Waals surface area (Å²) in [4.78, 5) is 23.4. The lowest BCUT2D eigenvalue weighted by Crippen LogP contribution is -2.15. The molecule has 0 amide bonds. The van der Waals surface area contributed by atoms with E-state index in [1.807, 2.05) is 19.1 Å². The molecular formula is C13H12N2O3. The summed E-state index contributed by atoms with van der Waals surface area (Å²) in [6, 6.07) is 8.65. The summed E-state index contributed by atoms with van der Waals surface area (Å²) in [5.74, 6) is -0.838. The van der Waals surface area contributed by atoms with E-state index in [9.17, 15) is 9.59 Å². The third-order valence-electron chi connectivity index (χ3n) is 2.57. The van der Waals surface area contributed by atoms with Crippen molar-refractivity contribution in [2.24, 2.45) is 0 Å². The Labute approximate surface area is 104 Å². The van der Waals surface area contributed by atoms with E-state index in [0.29, 0.717) is 5.56 Å². The van der Waals surface area contributed by atoms with Crippen molar-refractivity contribution in [3.8, 4) is 0 Å². The fourth-order valence-electron chi connectivity index (χ4n) is 1.59. The second-order valence-electron chi connectivity index (χ2n) is 3.76. The summed E-state index contributed by atoms with van der Waals surface area (Å²) >= 11 is 0. The maximum Gasteiger partial charge on any atom is 0.358 e. The van der Waals surface area contributed by atoms with Gasteiger partial charge in [0.15, 0.2) is 5.69 Å². The van der Waals surface area contributed by atoms with E-state index in [1.165, 1.54) is 19.4 Å². The van der Waals surface area contributed by atoms with Crippen LogP contribution in [0.2, 0.25) is 0 Å². The van der Waals surface area contributed by atoms with Gasteiger partial charge >= 0.3 is 5.97 Å². The molecule has 0 aliphatic rings. The Morgan fingerprint density at radius 2 is 1.94 bits per heavy atom. The van der Waals surface area contributed by atoms with Crippen molar-refractivity contribution in [1.29, 1.82) is 0 Å². The highest BCUT2D eigenvalue weighted by molar-refractivity contribution is 5.97. The second kappa shape index (κ2) is 4.83. The van der Waals surface area contributed by atoms with E-state index in [0.717, 1.165) is 10.2 Å². The van der Waals surface area contributed by atoms with Crippen LogP contribution in [0.4, 0.5) is 0 Å². The number of methoxy groups -OCH3 is 1. The van der Waals surface area contributed by atoms with Crippen LogP contribution in [-0.4, -0.2) is 28.8 Å². The van der Waals surface area contributed by atoms with Gasteiger partial charge < -0.3 is 4.74 Å². The van der Waals surface area contributed by atoms with Gasteiger partial charge in [0, 0.05) is 11.8 Å². The molecule has 18 heavy (non-hydrogen) atoms. The Morgan fingerprint density at radius 1 is 1.22 bits per heavy atom. The third-order valence-corrected chi connectivity index (χ3v) is 2.57. The molecule has 1 aromatic carbocycles. The van der Waals surface area contributed by atoms with Crippen molar-refractivity contribution in [2.75, 3.05) is 7.11 Å². The molecule has 2 rings (SSSR count). The summed E-state index contributed by atoms with van der Waals surface area (Å²) in [5, 5.41) is 3.89. The predicted molar refractivity (Wildman–Crippen MR) is 64.5 cm³/mol. The van der Waals surface area contributed by atoms with Gasteiger partial charge in [-0.25, -0.2) is 9.48 Å². The molecule has 0 unspecified atom stereocenters. The molecule has 2 aromatic rings. The molecule has 5 heteroatoms. The lowest BCUT2D eigenvalue weighted by atomic mass is 10.1. The monoisotopic (exact) mass is 244 g/mol. The number of aromatic nitrogens is 2. The lowest BCUT2D eigenvalue weighted by Gasteiger charge is -2.03. The Hall–Kier alpha value is -2.43. The molecule has 0 radical (unpaired) electrons. The van der Waals surface area contributed by atoms with E-state index in [1.54, 1.807) is 12.1 Å². The van der Waals surface area contributed by atoms with Crippen LogP contribution in [-0.2, 0) is 4.74 Å². The van der Waals surface area contributed by atoms with E-state index < -0.39 is 5.97 Å². The highest BCUT2D eigenvalue weighted by Crippen LogP contribution is 2.09. The average molecular weight is 244 g/mol. The van der Waals surface area contributed by atoms with Gasteiger partial charge in [-0.15, -0.1) is 0 Å². The minimum Gasteiger partial charge on any atom is -0.464 e. The van der Waals surface area contributed by atoms with Crippen molar-refractivity contribution in [1.82, 2.24) is 9.78 Å². The van der Waals surface area contributed by atoms with Crippen LogP contribution in [0.1, 0.15) is 26.4 Å². The van der Waals surface area contributed by atoms with Gasteiger partial charge in [-0.05, 0) is 24.6 Å². The zero-order chi connectivity index (χ0) is 13.1. The Morgan fingerprint density at radius 3 is 2.61 bits per heavy atom. The Balaban J connectivity index is 2.33. The number of esters is 1. The summed E-state index contributed by atoms with van der Waals surface area (Å²) in [5.41, 5.74) is 1.52. The standard InChI is InChI=1S/C13H12N2O3/c1-9-5-3-4-6-10(9)12(16)15-8-7-11(14-15)13(17)18-2/h3-8H,1-2H3. The van der Waals surface area contributed by atoms with Crippen LogP contribution in [0.15, 0.2) is 36.5 Å². The number of nitrogens with zero attached hydrogens (tertiary/aromatic N) is 2. The summed E-state index contributed by atoms with van der Waals surface area (Å²) in [6.45, 7) is 1.85. The molecule has 1 aromatic heterocycles. The first-order chi connectivity index (χ1) is 8.63. The molecular weight excluding hydrogens is 232 g/mol. The first-order valence-corrected chi connectivity index (χ1v) is 5.38. The first kappa shape index (κ1) is 12.0. The zero-order valence-electron chi connectivity index (χ0n) is 10.1.